The van der Waals surface area contributed by atoms with Crippen LogP contribution in [-0.4, -0.2) is 26.4 Å². The molecule has 0 aliphatic carbocycles. The van der Waals surface area contributed by atoms with Gasteiger partial charge in [0.1, 0.15) is 11.6 Å². The Kier molecular flexibility index (Phi) is 4.85. The van der Waals surface area contributed by atoms with E-state index < -0.39 is 0 Å². The molecule has 0 saturated carbocycles. The molecule has 132 valence electrons. The number of imidazole rings is 1. The molecule has 25 heavy (non-hydrogen) atoms. The van der Waals surface area contributed by atoms with Crippen LogP contribution in [0.15, 0.2) is 36.7 Å². The summed E-state index contributed by atoms with van der Waals surface area (Å²) in [5.41, 5.74) is 2.68. The van der Waals surface area contributed by atoms with Crippen LogP contribution in [0, 0.1) is 12.7 Å². The molecule has 3 rings (SSSR count). The Morgan fingerprint density at radius 2 is 2.12 bits per heavy atom. The van der Waals surface area contributed by atoms with E-state index in [4.69, 9.17) is 4.74 Å². The molecule has 0 saturated heterocycles. The molecule has 1 aromatic carbocycles. The van der Waals surface area contributed by atoms with Gasteiger partial charge >= 0.3 is 0 Å². The van der Waals surface area contributed by atoms with Gasteiger partial charge in [-0.15, -0.1) is 0 Å². The van der Waals surface area contributed by atoms with E-state index in [1.165, 1.54) is 12.1 Å². The van der Waals surface area contributed by atoms with E-state index >= 15 is 0 Å². The summed E-state index contributed by atoms with van der Waals surface area (Å²) in [6.45, 7) is 2.47. The number of ether oxygens (including phenoxy) is 1. The summed E-state index contributed by atoms with van der Waals surface area (Å²) in [5.74, 6) is 1.25. The maximum absolute atomic E-state index is 13.7. The van der Waals surface area contributed by atoms with E-state index in [2.05, 4.69) is 15.4 Å². The summed E-state index contributed by atoms with van der Waals surface area (Å²) in [6.07, 6.45) is 3.61. The molecule has 0 spiro atoms. The van der Waals surface area contributed by atoms with Crippen LogP contribution in [-0.2, 0) is 20.6 Å². The Balaban J connectivity index is 1.93. The van der Waals surface area contributed by atoms with Crippen molar-refractivity contribution in [1.82, 2.24) is 24.6 Å². The van der Waals surface area contributed by atoms with E-state index in [-0.39, 0.29) is 11.9 Å². The van der Waals surface area contributed by atoms with Crippen LogP contribution in [0.3, 0.4) is 0 Å². The average molecular weight is 343 g/mol. The van der Waals surface area contributed by atoms with Gasteiger partial charge in [-0.05, 0) is 24.6 Å². The number of aromatic nitrogens is 4. The summed E-state index contributed by atoms with van der Waals surface area (Å²) < 4.78 is 22.8. The first kappa shape index (κ1) is 17.2. The van der Waals surface area contributed by atoms with Gasteiger partial charge < -0.3 is 9.30 Å². The van der Waals surface area contributed by atoms with Crippen molar-refractivity contribution in [2.75, 3.05) is 7.11 Å². The molecule has 2 heterocycles. The zero-order chi connectivity index (χ0) is 18.0. The quantitative estimate of drug-likeness (QED) is 0.747. The van der Waals surface area contributed by atoms with Gasteiger partial charge in [0.2, 0.25) is 5.88 Å². The van der Waals surface area contributed by atoms with E-state index in [0.717, 1.165) is 22.6 Å². The first-order valence-electron chi connectivity index (χ1n) is 8.03. The summed E-state index contributed by atoms with van der Waals surface area (Å²) >= 11 is 0. The SMILES string of the molecule is COc1c(CN[C@H](c2cccc(F)c2)c2nccn2C)c(C)nn1C. The average Bonchev–Trinajstić information content (AvgIpc) is 3.11. The third kappa shape index (κ3) is 3.41. The minimum absolute atomic E-state index is 0.250. The van der Waals surface area contributed by atoms with Crippen LogP contribution >= 0.6 is 0 Å². The van der Waals surface area contributed by atoms with E-state index in [1.807, 2.05) is 37.8 Å². The van der Waals surface area contributed by atoms with Crippen LogP contribution in [0.5, 0.6) is 5.88 Å². The van der Waals surface area contributed by atoms with E-state index in [9.17, 15) is 4.39 Å². The second kappa shape index (κ2) is 7.06. The number of benzene rings is 1. The highest BCUT2D eigenvalue weighted by Gasteiger charge is 2.21. The Labute approximate surface area is 146 Å². The van der Waals surface area contributed by atoms with Crippen LogP contribution in [0.25, 0.3) is 0 Å². The molecule has 1 N–H and O–H groups in total. The van der Waals surface area contributed by atoms with Crippen molar-refractivity contribution in [3.63, 3.8) is 0 Å². The molecule has 0 amide bonds. The molecular weight excluding hydrogens is 321 g/mol. The minimum Gasteiger partial charge on any atom is -0.481 e. The molecule has 1 atom stereocenters. The molecule has 0 unspecified atom stereocenters. The zero-order valence-electron chi connectivity index (χ0n) is 14.8. The van der Waals surface area contributed by atoms with Gasteiger partial charge in [0.15, 0.2) is 0 Å². The lowest BCUT2D eigenvalue weighted by molar-refractivity contribution is 0.367. The third-order valence-electron chi connectivity index (χ3n) is 4.26. The summed E-state index contributed by atoms with van der Waals surface area (Å²) in [4.78, 5) is 4.43. The first-order chi connectivity index (χ1) is 12.0. The van der Waals surface area contributed by atoms with Crippen molar-refractivity contribution in [3.05, 3.63) is 65.1 Å². The number of nitrogens with zero attached hydrogens (tertiary/aromatic N) is 4. The van der Waals surface area contributed by atoms with Crippen LogP contribution in [0.2, 0.25) is 0 Å². The van der Waals surface area contributed by atoms with Crippen molar-refractivity contribution in [3.8, 4) is 5.88 Å². The number of nitrogens with one attached hydrogen (secondary N) is 1. The number of aryl methyl sites for hydroxylation is 3. The number of halogens is 1. The lowest BCUT2D eigenvalue weighted by Gasteiger charge is -2.19. The molecule has 0 bridgehead atoms. The molecule has 2 aromatic heterocycles. The van der Waals surface area contributed by atoms with E-state index in [1.54, 1.807) is 24.1 Å². The predicted octanol–water partition coefficient (Wildman–Crippen LogP) is 2.49. The normalized spacial score (nSPS) is 12.4. The van der Waals surface area contributed by atoms with Gasteiger partial charge in [0.25, 0.3) is 0 Å². The monoisotopic (exact) mass is 343 g/mol. The Morgan fingerprint density at radius 1 is 1.32 bits per heavy atom. The van der Waals surface area contributed by atoms with Crippen LogP contribution < -0.4 is 10.1 Å². The summed E-state index contributed by atoms with van der Waals surface area (Å²) in [5, 5.41) is 7.87. The van der Waals surface area contributed by atoms with Crippen molar-refractivity contribution in [2.45, 2.75) is 19.5 Å². The maximum Gasteiger partial charge on any atom is 0.216 e. The van der Waals surface area contributed by atoms with Crippen molar-refractivity contribution in [2.24, 2.45) is 14.1 Å². The predicted molar refractivity (Wildman–Crippen MR) is 92.8 cm³/mol. The largest absolute Gasteiger partial charge is 0.481 e. The Bertz CT molecular complexity index is 870. The second-order valence-electron chi connectivity index (χ2n) is 5.96. The lowest BCUT2D eigenvalue weighted by atomic mass is 10.1. The molecular formula is C18H22FN5O. The molecule has 6 nitrogen and oxygen atoms in total. The van der Waals surface area contributed by atoms with E-state index in [0.29, 0.717) is 12.4 Å². The topological polar surface area (TPSA) is 56.9 Å². The molecule has 7 heteroatoms. The number of rotatable bonds is 6. The van der Waals surface area contributed by atoms with Crippen molar-refractivity contribution >= 4 is 0 Å². The second-order valence-corrected chi connectivity index (χ2v) is 5.96. The summed E-state index contributed by atoms with van der Waals surface area (Å²) in [6, 6.07) is 6.31. The number of hydrogen-bond acceptors (Lipinski definition) is 4. The van der Waals surface area contributed by atoms with Gasteiger partial charge in [0.05, 0.1) is 24.4 Å². The van der Waals surface area contributed by atoms with Crippen LogP contribution in [0.1, 0.15) is 28.7 Å². The zero-order valence-corrected chi connectivity index (χ0v) is 14.8. The van der Waals surface area contributed by atoms with Gasteiger partial charge in [-0.25, -0.2) is 14.1 Å². The Morgan fingerprint density at radius 3 is 2.76 bits per heavy atom. The number of methoxy groups -OCH3 is 1. The molecule has 3 aromatic rings. The highest BCUT2D eigenvalue weighted by Crippen LogP contribution is 2.25. The minimum atomic E-state index is -0.270. The number of hydrogen-bond donors (Lipinski definition) is 1. The Hall–Kier alpha value is -2.67. The molecule has 0 radical (unpaired) electrons. The fraction of sp³-hybridized carbons (Fsp3) is 0.333. The molecule has 0 aliphatic heterocycles. The fourth-order valence-electron chi connectivity index (χ4n) is 3.04. The lowest BCUT2D eigenvalue weighted by Crippen LogP contribution is -2.25. The van der Waals surface area contributed by atoms with Crippen LogP contribution in [0.4, 0.5) is 4.39 Å². The fourth-order valence-corrected chi connectivity index (χ4v) is 3.04. The highest BCUT2D eigenvalue weighted by atomic mass is 19.1. The third-order valence-corrected chi connectivity index (χ3v) is 4.26. The highest BCUT2D eigenvalue weighted by molar-refractivity contribution is 5.32. The van der Waals surface area contributed by atoms with Gasteiger partial charge in [-0.1, -0.05) is 12.1 Å². The smallest absolute Gasteiger partial charge is 0.216 e. The molecule has 0 fully saturated rings. The van der Waals surface area contributed by atoms with Gasteiger partial charge in [0, 0.05) is 33.0 Å². The standard InChI is InChI=1S/C18H22FN5O/c1-12-15(18(25-4)24(3)22-12)11-21-16(17-20-8-9-23(17)2)13-6-5-7-14(19)10-13/h5-10,16,21H,11H2,1-4H3/t16-/m1/s1. The van der Waals surface area contributed by atoms with Crippen molar-refractivity contribution < 1.29 is 9.13 Å². The molecule has 0 aliphatic rings. The maximum atomic E-state index is 13.7. The van der Waals surface area contributed by atoms with Gasteiger partial charge in [-0.3, -0.25) is 5.32 Å². The first-order valence-corrected chi connectivity index (χ1v) is 8.03. The van der Waals surface area contributed by atoms with Gasteiger partial charge in [-0.2, -0.15) is 5.10 Å². The van der Waals surface area contributed by atoms with Crippen molar-refractivity contribution in [1.29, 1.82) is 0 Å². The summed E-state index contributed by atoms with van der Waals surface area (Å²) in [7, 11) is 5.40.